The number of aromatic nitrogens is 2. The van der Waals surface area contributed by atoms with Gasteiger partial charge in [-0.1, -0.05) is 6.58 Å². The van der Waals surface area contributed by atoms with Gasteiger partial charge in [-0.25, -0.2) is 4.79 Å². The first-order valence-electron chi connectivity index (χ1n) is 11.4. The van der Waals surface area contributed by atoms with Crippen molar-refractivity contribution in [1.29, 1.82) is 0 Å². The van der Waals surface area contributed by atoms with Gasteiger partial charge in [-0.3, -0.25) is 0 Å². The van der Waals surface area contributed by atoms with Crippen molar-refractivity contribution in [2.45, 2.75) is 45.4 Å². The lowest BCUT2D eigenvalue weighted by molar-refractivity contribution is -0.141. The van der Waals surface area contributed by atoms with Gasteiger partial charge in [-0.05, 0) is 44.6 Å². The molecular formula is C26H28N2O6. The molecule has 2 aromatic heterocycles. The van der Waals surface area contributed by atoms with Crippen LogP contribution in [0.3, 0.4) is 0 Å². The molecule has 0 amide bonds. The topological polar surface area (TPSA) is 94.9 Å². The van der Waals surface area contributed by atoms with E-state index < -0.39 is 17.7 Å². The smallest absolute Gasteiger partial charge is 0.374 e. The van der Waals surface area contributed by atoms with Gasteiger partial charge in [0, 0.05) is 30.4 Å². The molecule has 8 nitrogen and oxygen atoms in total. The summed E-state index contributed by atoms with van der Waals surface area (Å²) in [7, 11) is 0. The molecule has 2 aliphatic heterocycles. The van der Waals surface area contributed by atoms with Crippen LogP contribution >= 0.6 is 0 Å². The number of hydrogen-bond donors (Lipinski definition) is 2. The standard InChI is InChI=1S/C26H28N2O6/c1-5-31-25(29)21-12-15(2)23-20(33-21)14-19-16(13-22(34-19)26(3,4)30)24(23)32-11-10-28-9-7-17-18(28)6-8-27-17/h6-9,12,14,22,27,30H,2,5,10-11,13H2,1,3-4H3/t22-/m0/s1. The second-order valence-corrected chi connectivity index (χ2v) is 9.01. The second-order valence-electron chi connectivity index (χ2n) is 9.01. The summed E-state index contributed by atoms with van der Waals surface area (Å²) < 4.78 is 25.5. The molecule has 34 heavy (non-hydrogen) atoms. The number of aromatic amines is 1. The molecule has 5 rings (SSSR count). The van der Waals surface area contributed by atoms with E-state index in [-0.39, 0.29) is 12.4 Å². The molecule has 0 radical (unpaired) electrons. The third-order valence-electron chi connectivity index (χ3n) is 6.14. The van der Waals surface area contributed by atoms with Crippen molar-refractivity contribution >= 4 is 22.6 Å². The van der Waals surface area contributed by atoms with E-state index in [0.29, 0.717) is 48.0 Å². The summed E-state index contributed by atoms with van der Waals surface area (Å²) in [4.78, 5) is 15.5. The van der Waals surface area contributed by atoms with Gasteiger partial charge in [-0.15, -0.1) is 0 Å². The Labute approximate surface area is 197 Å². The minimum atomic E-state index is -1.05. The Morgan fingerprint density at radius 2 is 2.18 bits per heavy atom. The minimum absolute atomic E-state index is 0.0597. The lowest BCUT2D eigenvalue weighted by Gasteiger charge is -2.24. The second kappa shape index (κ2) is 8.29. The van der Waals surface area contributed by atoms with Crippen molar-refractivity contribution < 1.29 is 28.8 Å². The minimum Gasteiger partial charge on any atom is -0.490 e. The Balaban J connectivity index is 1.47. The largest absolute Gasteiger partial charge is 0.490 e. The maximum Gasteiger partial charge on any atom is 0.374 e. The van der Waals surface area contributed by atoms with E-state index in [9.17, 15) is 9.90 Å². The zero-order valence-corrected chi connectivity index (χ0v) is 19.5. The van der Waals surface area contributed by atoms with Crippen molar-refractivity contribution in [3.63, 3.8) is 0 Å². The average molecular weight is 465 g/mol. The van der Waals surface area contributed by atoms with Gasteiger partial charge in [0.2, 0.25) is 5.76 Å². The van der Waals surface area contributed by atoms with E-state index in [1.165, 1.54) is 0 Å². The molecule has 0 aliphatic carbocycles. The number of benzene rings is 1. The molecule has 0 fully saturated rings. The molecule has 0 saturated carbocycles. The third kappa shape index (κ3) is 3.84. The summed E-state index contributed by atoms with van der Waals surface area (Å²) in [6, 6.07) is 5.78. The first kappa shape index (κ1) is 22.2. The number of rotatable bonds is 7. The quantitative estimate of drug-likeness (QED) is 0.514. The molecule has 0 unspecified atom stereocenters. The Kier molecular flexibility index (Phi) is 5.40. The number of H-pyrrole nitrogens is 1. The van der Waals surface area contributed by atoms with Crippen molar-refractivity contribution in [3.05, 3.63) is 60.1 Å². The van der Waals surface area contributed by atoms with Crippen LogP contribution in [0.25, 0.3) is 16.6 Å². The zero-order valence-electron chi connectivity index (χ0n) is 19.5. The normalized spacial score (nSPS) is 17.0. The molecular weight excluding hydrogens is 436 g/mol. The van der Waals surface area contributed by atoms with Crippen LogP contribution in [0.1, 0.15) is 31.9 Å². The molecule has 3 aromatic rings. The van der Waals surface area contributed by atoms with Gasteiger partial charge in [-0.2, -0.15) is 0 Å². The van der Waals surface area contributed by atoms with Gasteiger partial charge >= 0.3 is 5.97 Å². The monoisotopic (exact) mass is 464 g/mol. The Hall–Kier alpha value is -3.65. The molecule has 1 aromatic carbocycles. The first-order valence-corrected chi connectivity index (χ1v) is 11.4. The van der Waals surface area contributed by atoms with Crippen LogP contribution in [0.4, 0.5) is 0 Å². The van der Waals surface area contributed by atoms with Gasteiger partial charge in [0.1, 0.15) is 30.0 Å². The number of esters is 1. The van der Waals surface area contributed by atoms with Crippen LogP contribution in [-0.2, 0) is 22.5 Å². The molecule has 4 heterocycles. The number of fused-ring (bicyclic) bond motifs is 3. The predicted molar refractivity (Wildman–Crippen MR) is 127 cm³/mol. The van der Waals surface area contributed by atoms with Crippen LogP contribution in [0.2, 0.25) is 0 Å². The lowest BCUT2D eigenvalue weighted by atomic mass is 9.93. The maximum atomic E-state index is 12.3. The fourth-order valence-electron chi connectivity index (χ4n) is 4.39. The number of allylic oxidation sites excluding steroid dienone is 2. The molecule has 2 aliphatic rings. The average Bonchev–Trinajstić information content (AvgIpc) is 3.49. The number of carbonyl (C=O) groups is 1. The molecule has 0 bridgehead atoms. The van der Waals surface area contributed by atoms with Crippen LogP contribution < -0.4 is 14.2 Å². The molecule has 178 valence electrons. The summed E-state index contributed by atoms with van der Waals surface area (Å²) in [5.74, 6) is 1.07. The Morgan fingerprint density at radius 1 is 1.35 bits per heavy atom. The fraction of sp³-hybridized carbons (Fsp3) is 0.346. The molecule has 0 saturated heterocycles. The molecule has 1 atom stereocenters. The summed E-state index contributed by atoms with van der Waals surface area (Å²) in [5, 5.41) is 10.6. The highest BCUT2D eigenvalue weighted by molar-refractivity contribution is 5.95. The highest BCUT2D eigenvalue weighted by Crippen LogP contribution is 2.49. The lowest BCUT2D eigenvalue weighted by Crippen LogP contribution is -2.39. The number of hydrogen-bond acceptors (Lipinski definition) is 6. The van der Waals surface area contributed by atoms with E-state index in [1.54, 1.807) is 32.9 Å². The number of nitrogens with one attached hydrogen (secondary N) is 1. The molecule has 8 heteroatoms. The van der Waals surface area contributed by atoms with Crippen LogP contribution in [0, 0.1) is 0 Å². The SMILES string of the molecule is C=C1C=C(C(=O)OCC)Oc2cc3c(c(OCCn4ccc5[nH]ccc54)c21)C[C@@H](C(C)(C)O)O3. The Bertz CT molecular complexity index is 1310. The zero-order chi connectivity index (χ0) is 24.0. The fourth-order valence-corrected chi connectivity index (χ4v) is 4.39. The van der Waals surface area contributed by atoms with Gasteiger partial charge < -0.3 is 33.6 Å². The maximum absolute atomic E-state index is 12.3. The van der Waals surface area contributed by atoms with Crippen molar-refractivity contribution in [2.75, 3.05) is 13.2 Å². The van der Waals surface area contributed by atoms with E-state index in [0.717, 1.165) is 16.6 Å². The van der Waals surface area contributed by atoms with Crippen molar-refractivity contribution in [3.8, 4) is 17.2 Å². The van der Waals surface area contributed by atoms with Gasteiger partial charge in [0.15, 0.2) is 0 Å². The van der Waals surface area contributed by atoms with Crippen molar-refractivity contribution in [2.24, 2.45) is 0 Å². The summed E-state index contributed by atoms with van der Waals surface area (Å²) in [5.41, 5.74) is 3.23. The van der Waals surface area contributed by atoms with Crippen LogP contribution in [-0.4, -0.2) is 45.5 Å². The predicted octanol–water partition coefficient (Wildman–Crippen LogP) is 3.98. The van der Waals surface area contributed by atoms with Gasteiger partial charge in [0.05, 0.1) is 35.3 Å². The highest BCUT2D eigenvalue weighted by Gasteiger charge is 2.39. The first-order chi connectivity index (χ1) is 16.3. The van der Waals surface area contributed by atoms with E-state index in [4.69, 9.17) is 18.9 Å². The van der Waals surface area contributed by atoms with Crippen LogP contribution in [0.5, 0.6) is 17.2 Å². The number of aliphatic hydroxyl groups is 1. The summed E-state index contributed by atoms with van der Waals surface area (Å²) in [6.07, 6.45) is 5.53. The molecule has 0 spiro atoms. The van der Waals surface area contributed by atoms with E-state index in [1.807, 2.05) is 24.5 Å². The third-order valence-corrected chi connectivity index (χ3v) is 6.14. The number of nitrogens with zero attached hydrogens (tertiary/aromatic N) is 1. The number of carbonyl (C=O) groups excluding carboxylic acids is 1. The summed E-state index contributed by atoms with van der Waals surface area (Å²) >= 11 is 0. The summed E-state index contributed by atoms with van der Waals surface area (Å²) in [6.45, 7) is 10.6. The Morgan fingerprint density at radius 3 is 2.94 bits per heavy atom. The van der Waals surface area contributed by atoms with Gasteiger partial charge in [0.25, 0.3) is 0 Å². The van der Waals surface area contributed by atoms with Crippen LogP contribution in [0.15, 0.2) is 49.0 Å². The highest BCUT2D eigenvalue weighted by atomic mass is 16.6. The van der Waals surface area contributed by atoms with Crippen molar-refractivity contribution in [1.82, 2.24) is 9.55 Å². The van der Waals surface area contributed by atoms with E-state index in [2.05, 4.69) is 16.1 Å². The van der Waals surface area contributed by atoms with E-state index >= 15 is 0 Å². The molecule has 2 N–H and O–H groups in total. The number of ether oxygens (including phenoxy) is 4.